The summed E-state index contributed by atoms with van der Waals surface area (Å²) in [5.74, 6) is 0.705. The molecule has 18 heavy (non-hydrogen) atoms. The van der Waals surface area contributed by atoms with Gasteiger partial charge in [0.05, 0.1) is 0 Å². The molecule has 3 heterocycles. The SMILES string of the molecule is Cc1cccc(CC(=O)C2CC3CCC(C2)S3)n1. The molecule has 2 aliphatic heterocycles. The molecule has 0 saturated carbocycles. The molecule has 2 aliphatic rings. The summed E-state index contributed by atoms with van der Waals surface area (Å²) in [6, 6.07) is 5.94. The number of pyridine rings is 1. The van der Waals surface area contributed by atoms with Crippen LogP contribution in [0.2, 0.25) is 0 Å². The molecule has 3 heteroatoms. The number of hydrogen-bond donors (Lipinski definition) is 0. The molecule has 2 nitrogen and oxygen atoms in total. The van der Waals surface area contributed by atoms with Crippen molar-refractivity contribution in [2.24, 2.45) is 5.92 Å². The fourth-order valence-corrected chi connectivity index (χ4v) is 4.92. The highest BCUT2D eigenvalue weighted by Crippen LogP contribution is 2.46. The zero-order valence-corrected chi connectivity index (χ0v) is 11.6. The number of thioether (sulfide) groups is 1. The minimum Gasteiger partial charge on any atom is -0.299 e. The van der Waals surface area contributed by atoms with Gasteiger partial charge in [-0.3, -0.25) is 9.78 Å². The van der Waals surface area contributed by atoms with Gasteiger partial charge >= 0.3 is 0 Å². The van der Waals surface area contributed by atoms with Crippen LogP contribution in [-0.4, -0.2) is 21.3 Å². The first-order valence-electron chi connectivity index (χ1n) is 6.81. The molecular weight excluding hydrogens is 242 g/mol. The standard InChI is InChI=1S/C15H19NOS/c1-10-3-2-4-12(16-10)9-15(17)11-7-13-5-6-14(8-11)18-13/h2-4,11,13-14H,5-9H2,1H3. The maximum Gasteiger partial charge on any atom is 0.141 e. The fourth-order valence-electron chi connectivity index (χ4n) is 3.14. The Bertz CT molecular complexity index is 448. The molecule has 0 aromatic carbocycles. The summed E-state index contributed by atoms with van der Waals surface area (Å²) in [6.07, 6.45) is 5.37. The summed E-state index contributed by atoms with van der Waals surface area (Å²) in [5, 5.41) is 1.51. The fraction of sp³-hybridized carbons (Fsp3) is 0.600. The van der Waals surface area contributed by atoms with Crippen molar-refractivity contribution >= 4 is 17.5 Å². The number of nitrogens with zero attached hydrogens (tertiary/aromatic N) is 1. The second-order valence-corrected chi connectivity index (χ2v) is 7.14. The largest absolute Gasteiger partial charge is 0.299 e. The van der Waals surface area contributed by atoms with E-state index in [1.165, 1.54) is 12.8 Å². The van der Waals surface area contributed by atoms with E-state index < -0.39 is 0 Å². The van der Waals surface area contributed by atoms with Crippen LogP contribution in [0.3, 0.4) is 0 Å². The van der Waals surface area contributed by atoms with Crippen LogP contribution in [0.15, 0.2) is 18.2 Å². The van der Waals surface area contributed by atoms with E-state index >= 15 is 0 Å². The Hall–Kier alpha value is -0.830. The van der Waals surface area contributed by atoms with E-state index in [9.17, 15) is 4.79 Å². The van der Waals surface area contributed by atoms with Gasteiger partial charge in [0.2, 0.25) is 0 Å². The van der Waals surface area contributed by atoms with Crippen molar-refractivity contribution in [1.29, 1.82) is 0 Å². The van der Waals surface area contributed by atoms with Gasteiger partial charge in [0, 0.05) is 34.2 Å². The first-order valence-corrected chi connectivity index (χ1v) is 7.75. The molecule has 3 rings (SSSR count). The zero-order valence-electron chi connectivity index (χ0n) is 10.8. The third kappa shape index (κ3) is 2.61. The molecule has 1 aromatic heterocycles. The molecule has 2 saturated heterocycles. The Morgan fingerprint density at radius 2 is 2.06 bits per heavy atom. The topological polar surface area (TPSA) is 30.0 Å². The summed E-state index contributed by atoms with van der Waals surface area (Å²) in [5.41, 5.74) is 1.94. The minimum absolute atomic E-state index is 0.297. The van der Waals surface area contributed by atoms with Gasteiger partial charge in [-0.2, -0.15) is 11.8 Å². The quantitative estimate of drug-likeness (QED) is 0.837. The van der Waals surface area contributed by atoms with Gasteiger partial charge in [-0.15, -0.1) is 0 Å². The molecule has 0 amide bonds. The van der Waals surface area contributed by atoms with Gasteiger partial charge in [0.25, 0.3) is 0 Å². The Balaban J connectivity index is 1.65. The van der Waals surface area contributed by atoms with E-state index in [4.69, 9.17) is 0 Å². The van der Waals surface area contributed by atoms with Crippen LogP contribution >= 0.6 is 11.8 Å². The zero-order chi connectivity index (χ0) is 12.5. The first-order chi connectivity index (χ1) is 8.70. The second-order valence-electron chi connectivity index (χ2n) is 5.54. The Morgan fingerprint density at radius 1 is 1.33 bits per heavy atom. The number of carbonyl (C=O) groups is 1. The molecule has 2 unspecified atom stereocenters. The van der Waals surface area contributed by atoms with E-state index in [1.54, 1.807) is 0 Å². The first kappa shape index (κ1) is 12.2. The highest BCUT2D eigenvalue weighted by Gasteiger charge is 2.37. The Kier molecular flexibility index (Phi) is 3.42. The van der Waals surface area contributed by atoms with Crippen molar-refractivity contribution in [1.82, 2.24) is 4.98 Å². The number of aryl methyl sites for hydroxylation is 1. The lowest BCUT2D eigenvalue weighted by Gasteiger charge is -2.26. The van der Waals surface area contributed by atoms with Crippen molar-refractivity contribution < 1.29 is 4.79 Å². The highest BCUT2D eigenvalue weighted by molar-refractivity contribution is 8.00. The lowest BCUT2D eigenvalue weighted by Crippen LogP contribution is -2.26. The van der Waals surface area contributed by atoms with E-state index in [1.807, 2.05) is 25.1 Å². The van der Waals surface area contributed by atoms with Crippen LogP contribution in [0.25, 0.3) is 0 Å². The molecular formula is C15H19NOS. The summed E-state index contributed by atoms with van der Waals surface area (Å²) < 4.78 is 0. The van der Waals surface area contributed by atoms with Crippen LogP contribution in [0, 0.1) is 12.8 Å². The van der Waals surface area contributed by atoms with E-state index in [-0.39, 0.29) is 0 Å². The molecule has 1 aromatic rings. The lowest BCUT2D eigenvalue weighted by atomic mass is 9.92. The Labute approximate surface area is 113 Å². The van der Waals surface area contributed by atoms with Gasteiger partial charge < -0.3 is 0 Å². The average molecular weight is 261 g/mol. The second kappa shape index (κ2) is 5.04. The molecule has 0 radical (unpaired) electrons. The van der Waals surface area contributed by atoms with Crippen molar-refractivity contribution in [3.05, 3.63) is 29.6 Å². The predicted molar refractivity (Wildman–Crippen MR) is 74.8 cm³/mol. The number of ketones is 1. The van der Waals surface area contributed by atoms with Crippen LogP contribution in [-0.2, 0) is 11.2 Å². The highest BCUT2D eigenvalue weighted by atomic mass is 32.2. The van der Waals surface area contributed by atoms with Crippen molar-refractivity contribution in [3.8, 4) is 0 Å². The molecule has 0 aliphatic carbocycles. The van der Waals surface area contributed by atoms with Crippen molar-refractivity contribution in [3.63, 3.8) is 0 Å². The summed E-state index contributed by atoms with van der Waals surface area (Å²) in [7, 11) is 0. The van der Waals surface area contributed by atoms with Crippen LogP contribution < -0.4 is 0 Å². The molecule has 2 atom stereocenters. The van der Waals surface area contributed by atoms with Crippen LogP contribution in [0.1, 0.15) is 37.1 Å². The van der Waals surface area contributed by atoms with Crippen molar-refractivity contribution in [2.45, 2.75) is 49.5 Å². The smallest absolute Gasteiger partial charge is 0.141 e. The van der Waals surface area contributed by atoms with E-state index in [0.29, 0.717) is 18.1 Å². The lowest BCUT2D eigenvalue weighted by molar-refractivity contribution is -0.122. The minimum atomic E-state index is 0.297. The molecule has 96 valence electrons. The van der Waals surface area contributed by atoms with Gasteiger partial charge in [0.1, 0.15) is 5.78 Å². The summed E-state index contributed by atoms with van der Waals surface area (Å²) >= 11 is 2.11. The molecule has 0 spiro atoms. The summed E-state index contributed by atoms with van der Waals surface area (Å²) in [4.78, 5) is 16.8. The van der Waals surface area contributed by atoms with Crippen molar-refractivity contribution in [2.75, 3.05) is 0 Å². The predicted octanol–water partition coefficient (Wildman–Crippen LogP) is 3.18. The monoisotopic (exact) mass is 261 g/mol. The van der Waals surface area contributed by atoms with Crippen LogP contribution in [0.4, 0.5) is 0 Å². The van der Waals surface area contributed by atoms with Gasteiger partial charge in [-0.05, 0) is 44.7 Å². The number of rotatable bonds is 3. The number of Topliss-reactive ketones (excluding diaryl/α,β-unsaturated/α-hetero) is 1. The molecule has 0 N–H and O–H groups in total. The molecule has 2 bridgehead atoms. The number of carbonyl (C=O) groups excluding carboxylic acids is 1. The van der Waals surface area contributed by atoms with E-state index in [0.717, 1.165) is 34.7 Å². The number of hydrogen-bond acceptors (Lipinski definition) is 3. The number of aromatic nitrogens is 1. The molecule has 2 fully saturated rings. The third-order valence-electron chi connectivity index (χ3n) is 4.05. The van der Waals surface area contributed by atoms with Crippen LogP contribution in [0.5, 0.6) is 0 Å². The average Bonchev–Trinajstić information content (AvgIpc) is 2.68. The normalized spacial score (nSPS) is 30.4. The number of fused-ring (bicyclic) bond motifs is 2. The van der Waals surface area contributed by atoms with Gasteiger partial charge in [-0.1, -0.05) is 6.07 Å². The van der Waals surface area contributed by atoms with Gasteiger partial charge in [0.15, 0.2) is 0 Å². The maximum atomic E-state index is 12.3. The van der Waals surface area contributed by atoms with Gasteiger partial charge in [-0.25, -0.2) is 0 Å². The third-order valence-corrected chi connectivity index (χ3v) is 5.67. The Morgan fingerprint density at radius 3 is 2.72 bits per heavy atom. The summed E-state index contributed by atoms with van der Waals surface area (Å²) in [6.45, 7) is 1.98. The maximum absolute atomic E-state index is 12.3. The van der Waals surface area contributed by atoms with E-state index in [2.05, 4.69) is 16.7 Å².